The average Bonchev–Trinajstić information content (AvgIpc) is 2.68. The van der Waals surface area contributed by atoms with Crippen molar-refractivity contribution in [3.8, 4) is 0 Å². The predicted molar refractivity (Wildman–Crippen MR) is 120 cm³/mol. The third-order valence-electron chi connectivity index (χ3n) is 4.52. The molecule has 1 fully saturated rings. The predicted octanol–water partition coefficient (Wildman–Crippen LogP) is 5.07. The van der Waals surface area contributed by atoms with Crippen LogP contribution in [-0.4, -0.2) is 23.3 Å². The number of benzene rings is 2. The molecule has 28 heavy (non-hydrogen) atoms. The van der Waals surface area contributed by atoms with Crippen molar-refractivity contribution >= 4 is 41.0 Å². The number of anilines is 1. The van der Waals surface area contributed by atoms with Crippen LogP contribution >= 0.6 is 23.5 Å². The van der Waals surface area contributed by atoms with Gasteiger partial charge in [-0.2, -0.15) is 0 Å². The van der Waals surface area contributed by atoms with Crippen molar-refractivity contribution in [3.05, 3.63) is 65.2 Å². The Balaban J connectivity index is 1.67. The van der Waals surface area contributed by atoms with Crippen LogP contribution in [0, 0.1) is 6.92 Å². The Morgan fingerprint density at radius 3 is 2.50 bits per heavy atom. The highest BCUT2D eigenvalue weighted by atomic mass is 32.2. The first-order chi connectivity index (χ1) is 13.5. The fraction of sp³-hybridized carbons (Fsp3) is 0.364. The monoisotopic (exact) mass is 414 g/mol. The molecule has 0 aromatic heterocycles. The summed E-state index contributed by atoms with van der Waals surface area (Å²) in [5.41, 5.74) is 4.12. The van der Waals surface area contributed by atoms with E-state index >= 15 is 0 Å². The maximum Gasteiger partial charge on any atom is 0.226 e. The van der Waals surface area contributed by atoms with E-state index in [2.05, 4.69) is 22.8 Å². The number of hydrogen-bond acceptors (Lipinski definition) is 4. The summed E-state index contributed by atoms with van der Waals surface area (Å²) < 4.78 is 0.435. The summed E-state index contributed by atoms with van der Waals surface area (Å²) in [5.74, 6) is 2.11. The molecule has 1 heterocycles. The van der Waals surface area contributed by atoms with E-state index in [9.17, 15) is 9.59 Å². The number of carbonyl (C=O) groups is 2. The van der Waals surface area contributed by atoms with E-state index in [1.165, 1.54) is 30.4 Å². The molecular weight excluding hydrogens is 388 g/mol. The van der Waals surface area contributed by atoms with Crippen LogP contribution in [0.25, 0.3) is 0 Å². The highest BCUT2D eigenvalue weighted by Crippen LogP contribution is 2.44. The molecule has 1 aliphatic heterocycles. The zero-order valence-electron chi connectivity index (χ0n) is 16.2. The number of nitrogens with one attached hydrogen (secondary N) is 2. The summed E-state index contributed by atoms with van der Waals surface area (Å²) in [7, 11) is 0. The van der Waals surface area contributed by atoms with E-state index in [0.717, 1.165) is 16.8 Å². The quantitative estimate of drug-likeness (QED) is 0.693. The van der Waals surface area contributed by atoms with Crippen LogP contribution in [-0.2, 0) is 9.59 Å². The van der Waals surface area contributed by atoms with Gasteiger partial charge in [0.1, 0.15) is 0 Å². The minimum atomic E-state index is -0.342. The van der Waals surface area contributed by atoms with Crippen LogP contribution in [0.1, 0.15) is 47.1 Å². The van der Waals surface area contributed by atoms with Gasteiger partial charge in [0.05, 0.1) is 17.0 Å². The van der Waals surface area contributed by atoms with E-state index in [4.69, 9.17) is 0 Å². The van der Waals surface area contributed by atoms with Gasteiger partial charge >= 0.3 is 0 Å². The molecule has 148 valence electrons. The number of aryl methyl sites for hydroxylation is 1. The van der Waals surface area contributed by atoms with Crippen LogP contribution in [0.15, 0.2) is 48.5 Å². The molecule has 4 nitrogen and oxygen atoms in total. The Kier molecular flexibility index (Phi) is 7.45. The Morgan fingerprint density at radius 2 is 1.82 bits per heavy atom. The average molecular weight is 415 g/mol. The first kappa shape index (κ1) is 20.8. The summed E-state index contributed by atoms with van der Waals surface area (Å²) in [5, 5.41) is 5.89. The second kappa shape index (κ2) is 10.0. The molecule has 0 radical (unpaired) electrons. The number of thioether (sulfide) groups is 2. The zero-order valence-corrected chi connectivity index (χ0v) is 17.9. The molecule has 1 unspecified atom stereocenters. The van der Waals surface area contributed by atoms with Gasteiger partial charge < -0.3 is 10.6 Å². The van der Waals surface area contributed by atoms with Gasteiger partial charge in [0.15, 0.2) is 0 Å². The Bertz CT molecular complexity index is 818. The standard InChI is InChI=1S/C22H26N2O2S2/c1-15-7-9-17(10-8-15)20(23-16(2)25)14-21(26)24-19-6-3-5-18(13-19)22-27-11-4-12-28-22/h3,5-10,13,20,22H,4,11-12,14H2,1-2H3,(H,23,25)(H,24,26). The van der Waals surface area contributed by atoms with E-state index in [0.29, 0.717) is 4.58 Å². The molecule has 0 aliphatic carbocycles. The Labute approximate surface area is 175 Å². The number of amides is 2. The normalized spacial score (nSPS) is 15.6. The van der Waals surface area contributed by atoms with Crippen LogP contribution in [0.3, 0.4) is 0 Å². The topological polar surface area (TPSA) is 58.2 Å². The second-order valence-electron chi connectivity index (χ2n) is 6.97. The van der Waals surface area contributed by atoms with Gasteiger partial charge in [-0.15, -0.1) is 23.5 Å². The molecule has 1 atom stereocenters. The molecule has 0 bridgehead atoms. The highest BCUT2D eigenvalue weighted by molar-refractivity contribution is 8.16. The lowest BCUT2D eigenvalue weighted by atomic mass is 10.0. The second-order valence-corrected chi connectivity index (χ2v) is 9.69. The lowest BCUT2D eigenvalue weighted by Gasteiger charge is -2.22. The first-order valence-corrected chi connectivity index (χ1v) is 11.6. The molecule has 3 rings (SSSR count). The summed E-state index contributed by atoms with van der Waals surface area (Å²) in [6.45, 7) is 3.49. The Morgan fingerprint density at radius 1 is 1.11 bits per heavy atom. The van der Waals surface area contributed by atoms with Crippen molar-refractivity contribution in [3.63, 3.8) is 0 Å². The minimum absolute atomic E-state index is 0.111. The third kappa shape index (κ3) is 6.04. The number of carbonyl (C=O) groups excluding carboxylic acids is 2. The summed E-state index contributed by atoms with van der Waals surface area (Å²) in [4.78, 5) is 24.3. The summed E-state index contributed by atoms with van der Waals surface area (Å²) in [6, 6.07) is 15.7. The molecule has 1 aliphatic rings. The molecule has 0 spiro atoms. The summed E-state index contributed by atoms with van der Waals surface area (Å²) in [6.07, 6.45) is 1.45. The van der Waals surface area contributed by atoms with Crippen molar-refractivity contribution in [1.29, 1.82) is 0 Å². The van der Waals surface area contributed by atoms with E-state index in [-0.39, 0.29) is 24.3 Å². The van der Waals surface area contributed by atoms with Gasteiger partial charge in [-0.1, -0.05) is 42.0 Å². The maximum atomic E-state index is 12.7. The SMILES string of the molecule is CC(=O)NC(CC(=O)Nc1cccc(C2SCCCS2)c1)c1ccc(C)cc1. The number of rotatable bonds is 6. The zero-order chi connectivity index (χ0) is 19.9. The molecule has 6 heteroatoms. The van der Waals surface area contributed by atoms with E-state index in [1.54, 1.807) is 0 Å². The Hall–Kier alpha value is -1.92. The van der Waals surface area contributed by atoms with Gasteiger partial charge in [-0.25, -0.2) is 0 Å². The van der Waals surface area contributed by atoms with E-state index in [1.807, 2.05) is 66.8 Å². The molecule has 0 saturated carbocycles. The van der Waals surface area contributed by atoms with Crippen LogP contribution in [0.2, 0.25) is 0 Å². The summed E-state index contributed by atoms with van der Waals surface area (Å²) >= 11 is 3.93. The largest absolute Gasteiger partial charge is 0.349 e. The van der Waals surface area contributed by atoms with Crippen molar-refractivity contribution in [2.45, 2.75) is 37.3 Å². The molecule has 2 N–H and O–H groups in total. The van der Waals surface area contributed by atoms with Gasteiger partial charge in [0.2, 0.25) is 11.8 Å². The maximum absolute atomic E-state index is 12.7. The van der Waals surface area contributed by atoms with Crippen LogP contribution < -0.4 is 10.6 Å². The van der Waals surface area contributed by atoms with Crippen LogP contribution in [0.4, 0.5) is 5.69 Å². The van der Waals surface area contributed by atoms with E-state index < -0.39 is 0 Å². The molecular formula is C22H26N2O2S2. The fourth-order valence-corrected chi connectivity index (χ4v) is 6.01. The van der Waals surface area contributed by atoms with Gasteiger partial charge in [-0.3, -0.25) is 9.59 Å². The molecule has 2 aromatic rings. The smallest absolute Gasteiger partial charge is 0.226 e. The van der Waals surface area contributed by atoms with Crippen molar-refractivity contribution in [2.75, 3.05) is 16.8 Å². The minimum Gasteiger partial charge on any atom is -0.349 e. The third-order valence-corrected chi connectivity index (χ3v) is 7.53. The van der Waals surface area contributed by atoms with Gasteiger partial charge in [-0.05, 0) is 48.1 Å². The first-order valence-electron chi connectivity index (χ1n) is 9.48. The molecule has 1 saturated heterocycles. The van der Waals surface area contributed by atoms with Crippen molar-refractivity contribution in [2.24, 2.45) is 0 Å². The van der Waals surface area contributed by atoms with Crippen molar-refractivity contribution in [1.82, 2.24) is 5.32 Å². The molecule has 2 amide bonds. The van der Waals surface area contributed by atoms with Crippen LogP contribution in [0.5, 0.6) is 0 Å². The lowest BCUT2D eigenvalue weighted by Crippen LogP contribution is -2.29. The lowest BCUT2D eigenvalue weighted by molar-refractivity contribution is -0.120. The highest BCUT2D eigenvalue weighted by Gasteiger charge is 2.19. The molecule has 2 aromatic carbocycles. The van der Waals surface area contributed by atoms with Gasteiger partial charge in [0, 0.05) is 12.6 Å². The van der Waals surface area contributed by atoms with Gasteiger partial charge in [0.25, 0.3) is 0 Å². The fourth-order valence-electron chi connectivity index (χ4n) is 3.14. The number of hydrogen-bond donors (Lipinski definition) is 2. The van der Waals surface area contributed by atoms with Crippen molar-refractivity contribution < 1.29 is 9.59 Å².